The summed E-state index contributed by atoms with van der Waals surface area (Å²) in [6.07, 6.45) is 1.54. The minimum Gasteiger partial charge on any atom is -0.497 e. The van der Waals surface area contributed by atoms with Crippen LogP contribution in [0.4, 0.5) is 5.69 Å². The number of hydrogen-bond donors (Lipinski definition) is 1. The number of anilines is 1. The summed E-state index contributed by atoms with van der Waals surface area (Å²) in [5.74, 6) is 1.99. The summed E-state index contributed by atoms with van der Waals surface area (Å²) in [4.78, 5) is 12.3. The van der Waals surface area contributed by atoms with Crippen LogP contribution in [0.5, 0.6) is 17.2 Å². The quantitative estimate of drug-likeness (QED) is 0.617. The van der Waals surface area contributed by atoms with Gasteiger partial charge in [-0.05, 0) is 43.3 Å². The number of allylic oxidation sites excluding steroid dienone is 2. The van der Waals surface area contributed by atoms with Gasteiger partial charge in [-0.1, -0.05) is 0 Å². The molecule has 1 N–H and O–H groups in total. The second kappa shape index (κ2) is 8.06. The number of ketones is 1. The van der Waals surface area contributed by atoms with E-state index in [9.17, 15) is 4.79 Å². The molecule has 0 aliphatic heterocycles. The standard InChI is InChI=1S/C19H21NO4/c1-13(11-18(21)14-5-7-15(22-2)8-6-14)20-17-12-16(23-3)9-10-19(17)24-4/h5-12,20H,1-4H3/b13-11+. The summed E-state index contributed by atoms with van der Waals surface area (Å²) < 4.78 is 15.6. The van der Waals surface area contributed by atoms with Crippen LogP contribution in [0.25, 0.3) is 0 Å². The van der Waals surface area contributed by atoms with Crippen molar-refractivity contribution in [3.63, 3.8) is 0 Å². The van der Waals surface area contributed by atoms with Gasteiger partial charge >= 0.3 is 0 Å². The van der Waals surface area contributed by atoms with Crippen molar-refractivity contribution in [1.29, 1.82) is 0 Å². The zero-order valence-corrected chi connectivity index (χ0v) is 14.3. The fraction of sp³-hybridized carbons (Fsp3) is 0.211. The molecule has 0 saturated heterocycles. The average Bonchev–Trinajstić information content (AvgIpc) is 2.61. The molecule has 0 radical (unpaired) electrons. The van der Waals surface area contributed by atoms with E-state index in [0.29, 0.717) is 28.5 Å². The fourth-order valence-corrected chi connectivity index (χ4v) is 2.20. The molecule has 0 aromatic heterocycles. The van der Waals surface area contributed by atoms with Gasteiger partial charge in [-0.15, -0.1) is 0 Å². The van der Waals surface area contributed by atoms with Gasteiger partial charge in [-0.3, -0.25) is 4.79 Å². The molecule has 0 bridgehead atoms. The lowest BCUT2D eigenvalue weighted by Crippen LogP contribution is -2.03. The lowest BCUT2D eigenvalue weighted by atomic mass is 10.1. The van der Waals surface area contributed by atoms with Crippen LogP contribution < -0.4 is 19.5 Å². The number of nitrogens with one attached hydrogen (secondary N) is 1. The first-order chi connectivity index (χ1) is 11.6. The Bertz CT molecular complexity index is 736. The Balaban J connectivity index is 2.17. The van der Waals surface area contributed by atoms with E-state index in [1.165, 1.54) is 0 Å². The number of methoxy groups -OCH3 is 3. The first kappa shape index (κ1) is 17.4. The van der Waals surface area contributed by atoms with Crippen molar-refractivity contribution in [3.8, 4) is 17.2 Å². The second-order valence-electron chi connectivity index (χ2n) is 5.11. The van der Waals surface area contributed by atoms with Crippen LogP contribution in [0.1, 0.15) is 17.3 Å². The van der Waals surface area contributed by atoms with Crippen molar-refractivity contribution >= 4 is 11.5 Å². The lowest BCUT2D eigenvalue weighted by molar-refractivity contribution is 0.104. The number of carbonyl (C=O) groups is 1. The van der Waals surface area contributed by atoms with E-state index in [1.54, 1.807) is 57.7 Å². The van der Waals surface area contributed by atoms with Crippen LogP contribution in [0.15, 0.2) is 54.2 Å². The van der Waals surface area contributed by atoms with Gasteiger partial charge in [0.25, 0.3) is 0 Å². The SMILES string of the molecule is COc1ccc(C(=O)/C=C(\C)Nc2cc(OC)ccc2OC)cc1. The maximum Gasteiger partial charge on any atom is 0.187 e. The summed E-state index contributed by atoms with van der Waals surface area (Å²) >= 11 is 0. The fourth-order valence-electron chi connectivity index (χ4n) is 2.20. The molecular weight excluding hydrogens is 306 g/mol. The molecule has 5 nitrogen and oxygen atoms in total. The number of benzene rings is 2. The van der Waals surface area contributed by atoms with Crippen molar-refractivity contribution in [3.05, 3.63) is 59.8 Å². The molecule has 0 aliphatic rings. The monoisotopic (exact) mass is 327 g/mol. The molecule has 24 heavy (non-hydrogen) atoms. The van der Waals surface area contributed by atoms with E-state index in [-0.39, 0.29) is 5.78 Å². The molecular formula is C19H21NO4. The first-order valence-corrected chi connectivity index (χ1v) is 7.43. The second-order valence-corrected chi connectivity index (χ2v) is 5.11. The largest absolute Gasteiger partial charge is 0.497 e. The molecule has 0 amide bonds. The third kappa shape index (κ3) is 4.29. The van der Waals surface area contributed by atoms with Gasteiger partial charge in [-0.2, -0.15) is 0 Å². The van der Waals surface area contributed by atoms with Gasteiger partial charge in [0.05, 0.1) is 27.0 Å². The molecule has 0 saturated carbocycles. The number of rotatable bonds is 7. The van der Waals surface area contributed by atoms with Gasteiger partial charge in [0.1, 0.15) is 17.2 Å². The van der Waals surface area contributed by atoms with Crippen LogP contribution >= 0.6 is 0 Å². The summed E-state index contributed by atoms with van der Waals surface area (Å²) in [5.41, 5.74) is 2.02. The Kier molecular flexibility index (Phi) is 5.84. The van der Waals surface area contributed by atoms with Gasteiger partial charge in [0, 0.05) is 23.4 Å². The van der Waals surface area contributed by atoms with Crippen LogP contribution in [-0.2, 0) is 0 Å². The van der Waals surface area contributed by atoms with E-state index < -0.39 is 0 Å². The predicted molar refractivity (Wildman–Crippen MR) is 94.3 cm³/mol. The zero-order chi connectivity index (χ0) is 17.5. The molecule has 0 aliphatic carbocycles. The molecule has 2 aromatic carbocycles. The molecule has 0 unspecified atom stereocenters. The summed E-state index contributed by atoms with van der Waals surface area (Å²) in [5, 5.41) is 3.17. The number of ether oxygens (including phenoxy) is 3. The zero-order valence-electron chi connectivity index (χ0n) is 14.3. The van der Waals surface area contributed by atoms with E-state index in [2.05, 4.69) is 5.32 Å². The van der Waals surface area contributed by atoms with Crippen molar-refractivity contribution in [1.82, 2.24) is 0 Å². The van der Waals surface area contributed by atoms with E-state index in [4.69, 9.17) is 14.2 Å². The third-order valence-electron chi connectivity index (χ3n) is 3.46. The highest BCUT2D eigenvalue weighted by atomic mass is 16.5. The van der Waals surface area contributed by atoms with E-state index in [0.717, 1.165) is 5.69 Å². The van der Waals surface area contributed by atoms with Gasteiger partial charge in [-0.25, -0.2) is 0 Å². The van der Waals surface area contributed by atoms with Crippen LogP contribution in [0, 0.1) is 0 Å². The normalized spacial score (nSPS) is 10.9. The highest BCUT2D eigenvalue weighted by Crippen LogP contribution is 2.29. The summed E-state index contributed by atoms with van der Waals surface area (Å²) in [6.45, 7) is 1.82. The van der Waals surface area contributed by atoms with Crippen LogP contribution in [-0.4, -0.2) is 27.1 Å². The topological polar surface area (TPSA) is 56.8 Å². The molecule has 0 spiro atoms. The van der Waals surface area contributed by atoms with Crippen molar-refractivity contribution in [2.24, 2.45) is 0 Å². The van der Waals surface area contributed by atoms with Gasteiger partial charge in [0.2, 0.25) is 0 Å². The Morgan fingerprint density at radius 2 is 1.54 bits per heavy atom. The van der Waals surface area contributed by atoms with Gasteiger partial charge in [0.15, 0.2) is 5.78 Å². The highest BCUT2D eigenvalue weighted by molar-refractivity contribution is 6.05. The number of carbonyl (C=O) groups excluding carboxylic acids is 1. The smallest absolute Gasteiger partial charge is 0.187 e. The Labute approximate surface area is 141 Å². The maximum atomic E-state index is 12.3. The van der Waals surface area contributed by atoms with Crippen molar-refractivity contribution < 1.29 is 19.0 Å². The summed E-state index contributed by atoms with van der Waals surface area (Å²) in [7, 11) is 4.78. The maximum absolute atomic E-state index is 12.3. The van der Waals surface area contributed by atoms with Crippen molar-refractivity contribution in [2.45, 2.75) is 6.92 Å². The third-order valence-corrected chi connectivity index (χ3v) is 3.46. The van der Waals surface area contributed by atoms with Crippen molar-refractivity contribution in [2.75, 3.05) is 26.6 Å². The van der Waals surface area contributed by atoms with Gasteiger partial charge < -0.3 is 19.5 Å². The Morgan fingerprint density at radius 3 is 2.12 bits per heavy atom. The van der Waals surface area contributed by atoms with Crippen LogP contribution in [0.3, 0.4) is 0 Å². The van der Waals surface area contributed by atoms with E-state index >= 15 is 0 Å². The molecule has 2 aromatic rings. The molecule has 126 valence electrons. The minimum absolute atomic E-state index is 0.0930. The number of hydrogen-bond acceptors (Lipinski definition) is 5. The molecule has 0 fully saturated rings. The minimum atomic E-state index is -0.0930. The molecule has 0 heterocycles. The van der Waals surface area contributed by atoms with E-state index in [1.807, 2.05) is 19.1 Å². The molecule has 0 atom stereocenters. The Hall–Kier alpha value is -2.95. The lowest BCUT2D eigenvalue weighted by Gasteiger charge is -2.13. The van der Waals surface area contributed by atoms with Crippen LogP contribution in [0.2, 0.25) is 0 Å². The molecule has 5 heteroatoms. The highest BCUT2D eigenvalue weighted by Gasteiger charge is 2.07. The molecule has 2 rings (SSSR count). The summed E-state index contributed by atoms with van der Waals surface area (Å²) in [6, 6.07) is 12.4. The predicted octanol–water partition coefficient (Wildman–Crippen LogP) is 3.91. The average molecular weight is 327 g/mol. The first-order valence-electron chi connectivity index (χ1n) is 7.43. The Morgan fingerprint density at radius 1 is 0.917 bits per heavy atom.